The minimum absolute atomic E-state index is 0.0485. The molecule has 0 spiro atoms. The maximum absolute atomic E-state index is 14.4. The Bertz CT molecular complexity index is 1550. The Morgan fingerprint density at radius 1 is 0.886 bits per heavy atom. The first-order valence-electron chi connectivity index (χ1n) is 15.0. The van der Waals surface area contributed by atoms with Crippen LogP contribution in [0.15, 0.2) is 66.9 Å². The molecule has 0 radical (unpaired) electrons. The highest BCUT2D eigenvalue weighted by Gasteiger charge is 2.35. The number of carbonyl (C=O) groups excluding carboxylic acids is 2. The predicted molar refractivity (Wildman–Crippen MR) is 169 cm³/mol. The van der Waals surface area contributed by atoms with Gasteiger partial charge < -0.3 is 34.1 Å². The van der Waals surface area contributed by atoms with E-state index < -0.39 is 6.04 Å². The molecule has 2 amide bonds. The first-order valence-corrected chi connectivity index (χ1v) is 15.0. The second-order valence-corrected chi connectivity index (χ2v) is 11.1. The summed E-state index contributed by atoms with van der Waals surface area (Å²) in [5.74, 6) is 1.50. The van der Waals surface area contributed by atoms with Crippen LogP contribution in [-0.2, 0) is 22.6 Å². The number of nitrogens with zero attached hydrogens (tertiary/aromatic N) is 1. The Morgan fingerprint density at radius 2 is 1.57 bits per heavy atom. The van der Waals surface area contributed by atoms with Crippen molar-refractivity contribution in [2.45, 2.75) is 57.2 Å². The maximum Gasteiger partial charge on any atom is 0.247 e. The van der Waals surface area contributed by atoms with Gasteiger partial charge in [0.25, 0.3) is 0 Å². The number of H-pyrrole nitrogens is 1. The molecule has 3 aromatic carbocycles. The molecule has 1 atom stereocenters. The van der Waals surface area contributed by atoms with Gasteiger partial charge in [0, 0.05) is 29.7 Å². The van der Waals surface area contributed by atoms with Crippen LogP contribution in [0.2, 0.25) is 0 Å². The van der Waals surface area contributed by atoms with Gasteiger partial charge in [0.2, 0.25) is 17.6 Å². The smallest absolute Gasteiger partial charge is 0.247 e. The standard InChI is InChI=1S/C35H41N3O6/c1-41-27-16-14-23(15-17-27)22-38(32(39)20-25-21-36-29-13-9-8-12-28(25)29)33(35(40)37-26-10-6-5-7-11-26)24-18-30(42-2)34(44-4)31(19-24)43-3/h8-9,12-19,21,26,33,36H,5-7,10-11,20,22H2,1-4H3,(H,37,40). The first kappa shape index (κ1) is 30.8. The monoisotopic (exact) mass is 599 g/mol. The van der Waals surface area contributed by atoms with E-state index in [4.69, 9.17) is 18.9 Å². The molecule has 2 N–H and O–H groups in total. The van der Waals surface area contributed by atoms with Crippen molar-refractivity contribution in [3.8, 4) is 23.0 Å². The molecule has 1 aromatic heterocycles. The quantitative estimate of drug-likeness (QED) is 0.208. The lowest BCUT2D eigenvalue weighted by molar-refractivity contribution is -0.141. The summed E-state index contributed by atoms with van der Waals surface area (Å²) in [6.07, 6.45) is 7.09. The fourth-order valence-corrected chi connectivity index (χ4v) is 6.05. The zero-order chi connectivity index (χ0) is 31.1. The van der Waals surface area contributed by atoms with E-state index in [1.165, 1.54) is 21.3 Å². The van der Waals surface area contributed by atoms with Gasteiger partial charge in [-0.2, -0.15) is 0 Å². The zero-order valence-electron chi connectivity index (χ0n) is 25.9. The number of methoxy groups -OCH3 is 4. The summed E-state index contributed by atoms with van der Waals surface area (Å²) in [6, 6.07) is 18.0. The third-order valence-corrected chi connectivity index (χ3v) is 8.36. The van der Waals surface area contributed by atoms with Crippen LogP contribution in [0.25, 0.3) is 10.9 Å². The van der Waals surface area contributed by atoms with Crippen molar-refractivity contribution >= 4 is 22.7 Å². The lowest BCUT2D eigenvalue weighted by Crippen LogP contribution is -2.47. The maximum atomic E-state index is 14.4. The van der Waals surface area contributed by atoms with Crippen molar-refractivity contribution in [1.29, 1.82) is 0 Å². The van der Waals surface area contributed by atoms with Crippen molar-refractivity contribution in [3.05, 3.63) is 83.6 Å². The van der Waals surface area contributed by atoms with E-state index in [0.29, 0.717) is 28.6 Å². The lowest BCUT2D eigenvalue weighted by atomic mass is 9.94. The van der Waals surface area contributed by atoms with E-state index in [2.05, 4.69) is 10.3 Å². The van der Waals surface area contributed by atoms with E-state index in [9.17, 15) is 9.59 Å². The Labute approximate surface area is 258 Å². The number of carbonyl (C=O) groups is 2. The summed E-state index contributed by atoms with van der Waals surface area (Å²) >= 11 is 0. The van der Waals surface area contributed by atoms with Crippen LogP contribution < -0.4 is 24.3 Å². The number of para-hydroxylation sites is 1. The van der Waals surface area contributed by atoms with Gasteiger partial charge in [-0.3, -0.25) is 9.59 Å². The number of benzene rings is 3. The average Bonchev–Trinajstić information content (AvgIpc) is 3.47. The molecule has 5 rings (SSSR count). The Kier molecular flexibility index (Phi) is 9.94. The molecule has 1 aliphatic carbocycles. The number of fused-ring (bicyclic) bond motifs is 1. The summed E-state index contributed by atoms with van der Waals surface area (Å²) in [4.78, 5) is 33.7. The van der Waals surface area contributed by atoms with Crippen molar-refractivity contribution in [2.75, 3.05) is 28.4 Å². The van der Waals surface area contributed by atoms with E-state index >= 15 is 0 Å². The van der Waals surface area contributed by atoms with Crippen LogP contribution >= 0.6 is 0 Å². The second-order valence-electron chi connectivity index (χ2n) is 11.1. The third kappa shape index (κ3) is 6.77. The lowest BCUT2D eigenvalue weighted by Gasteiger charge is -2.34. The highest BCUT2D eigenvalue weighted by molar-refractivity contribution is 5.92. The molecule has 9 heteroatoms. The topological polar surface area (TPSA) is 102 Å². The molecule has 232 valence electrons. The van der Waals surface area contributed by atoms with Crippen LogP contribution in [0.1, 0.15) is 54.8 Å². The molecule has 0 aliphatic heterocycles. The fourth-order valence-electron chi connectivity index (χ4n) is 6.05. The van der Waals surface area contributed by atoms with Crippen molar-refractivity contribution in [3.63, 3.8) is 0 Å². The van der Waals surface area contributed by atoms with Gasteiger partial charge in [-0.1, -0.05) is 49.6 Å². The van der Waals surface area contributed by atoms with Crippen molar-refractivity contribution < 1.29 is 28.5 Å². The molecular formula is C35H41N3O6. The van der Waals surface area contributed by atoms with E-state index in [1.807, 2.05) is 54.7 Å². The Morgan fingerprint density at radius 3 is 2.20 bits per heavy atom. The summed E-state index contributed by atoms with van der Waals surface area (Å²) in [5, 5.41) is 4.25. The Balaban J connectivity index is 1.60. The van der Waals surface area contributed by atoms with Crippen LogP contribution in [0.5, 0.6) is 23.0 Å². The normalized spacial score (nSPS) is 14.1. The fraction of sp³-hybridized carbons (Fsp3) is 0.371. The SMILES string of the molecule is COc1ccc(CN(C(=O)Cc2c[nH]c3ccccc23)C(C(=O)NC2CCCCC2)c2cc(OC)c(OC)c(OC)c2)cc1. The number of amides is 2. The minimum Gasteiger partial charge on any atom is -0.497 e. The molecule has 1 unspecified atom stereocenters. The number of rotatable bonds is 12. The molecule has 1 heterocycles. The van der Waals surface area contributed by atoms with Crippen LogP contribution in [0.4, 0.5) is 0 Å². The van der Waals surface area contributed by atoms with Gasteiger partial charge in [0.05, 0.1) is 34.9 Å². The molecule has 44 heavy (non-hydrogen) atoms. The number of aromatic amines is 1. The summed E-state index contributed by atoms with van der Waals surface area (Å²) < 4.78 is 22.2. The van der Waals surface area contributed by atoms with E-state index in [0.717, 1.165) is 54.1 Å². The molecule has 4 aromatic rings. The van der Waals surface area contributed by atoms with Crippen LogP contribution in [0.3, 0.4) is 0 Å². The Hall–Kier alpha value is -4.66. The van der Waals surface area contributed by atoms with Crippen LogP contribution in [-0.4, -0.2) is 56.2 Å². The van der Waals surface area contributed by atoms with Crippen LogP contribution in [0, 0.1) is 0 Å². The van der Waals surface area contributed by atoms with Gasteiger partial charge in [0.1, 0.15) is 11.8 Å². The molecule has 9 nitrogen and oxygen atoms in total. The zero-order valence-corrected chi connectivity index (χ0v) is 25.9. The summed E-state index contributed by atoms with van der Waals surface area (Å²) in [7, 11) is 6.22. The average molecular weight is 600 g/mol. The predicted octanol–water partition coefficient (Wildman–Crippen LogP) is 5.96. The van der Waals surface area contributed by atoms with E-state index in [1.54, 1.807) is 24.1 Å². The molecule has 1 aliphatic rings. The highest BCUT2D eigenvalue weighted by atomic mass is 16.5. The number of aromatic nitrogens is 1. The van der Waals surface area contributed by atoms with Gasteiger partial charge >= 0.3 is 0 Å². The minimum atomic E-state index is -0.967. The number of ether oxygens (including phenoxy) is 4. The van der Waals surface area contributed by atoms with Gasteiger partial charge in [0.15, 0.2) is 11.5 Å². The summed E-state index contributed by atoms with van der Waals surface area (Å²) in [6.45, 7) is 0.199. The van der Waals surface area contributed by atoms with Crippen molar-refractivity contribution in [2.24, 2.45) is 0 Å². The van der Waals surface area contributed by atoms with Gasteiger partial charge in [-0.25, -0.2) is 0 Å². The molecular weight excluding hydrogens is 558 g/mol. The van der Waals surface area contributed by atoms with E-state index in [-0.39, 0.29) is 30.8 Å². The largest absolute Gasteiger partial charge is 0.497 e. The van der Waals surface area contributed by atoms with Gasteiger partial charge in [-0.05, 0) is 59.9 Å². The number of hydrogen-bond acceptors (Lipinski definition) is 6. The summed E-state index contributed by atoms with van der Waals surface area (Å²) in [5.41, 5.74) is 3.24. The second kappa shape index (κ2) is 14.2. The number of hydrogen-bond donors (Lipinski definition) is 2. The molecule has 1 fully saturated rings. The third-order valence-electron chi connectivity index (χ3n) is 8.36. The molecule has 1 saturated carbocycles. The van der Waals surface area contributed by atoms with Crippen molar-refractivity contribution in [1.82, 2.24) is 15.2 Å². The highest BCUT2D eigenvalue weighted by Crippen LogP contribution is 2.41. The molecule has 0 bridgehead atoms. The molecule has 0 saturated heterocycles. The number of nitrogens with one attached hydrogen (secondary N) is 2. The first-order chi connectivity index (χ1) is 21.4. The van der Waals surface area contributed by atoms with Gasteiger partial charge in [-0.15, -0.1) is 0 Å².